The van der Waals surface area contributed by atoms with Gasteiger partial charge in [0, 0.05) is 32.1 Å². The van der Waals surface area contributed by atoms with Crippen LogP contribution in [0, 0.1) is 0 Å². The number of amides is 3. The Morgan fingerprint density at radius 3 is 2.76 bits per heavy atom. The minimum atomic E-state index is -0.129. The molecule has 2 aliphatic heterocycles. The molecule has 2 aliphatic rings. The number of para-hydroxylation sites is 2. The molecule has 1 aromatic carbocycles. The highest BCUT2D eigenvalue weighted by molar-refractivity contribution is 5.91. The van der Waals surface area contributed by atoms with E-state index in [4.69, 9.17) is 4.74 Å². The van der Waals surface area contributed by atoms with Gasteiger partial charge >= 0.3 is 6.03 Å². The molecule has 0 bridgehead atoms. The average Bonchev–Trinajstić information content (AvgIpc) is 3.02. The van der Waals surface area contributed by atoms with Gasteiger partial charge in [-0.1, -0.05) is 12.1 Å². The van der Waals surface area contributed by atoms with Crippen molar-refractivity contribution in [2.24, 2.45) is 0 Å². The van der Waals surface area contributed by atoms with Crippen molar-refractivity contribution in [1.82, 2.24) is 9.80 Å². The Morgan fingerprint density at radius 2 is 2.04 bits per heavy atom. The molecule has 3 rings (SSSR count). The minimum Gasteiger partial charge on any atom is -0.489 e. The molecule has 0 spiro atoms. The van der Waals surface area contributed by atoms with Gasteiger partial charge in [-0.15, -0.1) is 0 Å². The molecule has 0 unspecified atom stereocenters. The van der Waals surface area contributed by atoms with E-state index in [-0.39, 0.29) is 24.1 Å². The standard InChI is InChI=1S/C19H27N3O3/c1-14(2)25-17-9-4-3-8-16(17)20-19(24)21-11-5-7-15(13-21)22-12-6-10-18(22)23/h3-4,8-9,14-15H,5-7,10-13H2,1-2H3,(H,20,24)/t15-/m1/s1. The minimum absolute atomic E-state index is 0.0404. The van der Waals surface area contributed by atoms with Crippen LogP contribution in [0.5, 0.6) is 5.75 Å². The van der Waals surface area contributed by atoms with Crippen LogP contribution >= 0.6 is 0 Å². The zero-order chi connectivity index (χ0) is 17.8. The fourth-order valence-corrected chi connectivity index (χ4v) is 3.57. The maximum Gasteiger partial charge on any atom is 0.322 e. The molecule has 2 fully saturated rings. The van der Waals surface area contributed by atoms with Crippen molar-refractivity contribution < 1.29 is 14.3 Å². The lowest BCUT2D eigenvalue weighted by Crippen LogP contribution is -2.51. The summed E-state index contributed by atoms with van der Waals surface area (Å²) in [5.74, 6) is 0.900. The van der Waals surface area contributed by atoms with Gasteiger partial charge in [-0.2, -0.15) is 0 Å². The fourth-order valence-electron chi connectivity index (χ4n) is 3.57. The summed E-state index contributed by atoms with van der Waals surface area (Å²) in [7, 11) is 0. The van der Waals surface area contributed by atoms with Crippen LogP contribution in [-0.4, -0.2) is 53.5 Å². The van der Waals surface area contributed by atoms with Crippen LogP contribution in [0.2, 0.25) is 0 Å². The monoisotopic (exact) mass is 345 g/mol. The SMILES string of the molecule is CC(C)Oc1ccccc1NC(=O)N1CCC[C@@H](N2CCCC2=O)C1. The lowest BCUT2D eigenvalue weighted by atomic mass is 10.0. The Bertz CT molecular complexity index is 632. The molecule has 2 heterocycles. The van der Waals surface area contributed by atoms with E-state index in [2.05, 4.69) is 5.32 Å². The first-order chi connectivity index (χ1) is 12.0. The summed E-state index contributed by atoms with van der Waals surface area (Å²) in [4.78, 5) is 28.4. The number of carbonyl (C=O) groups excluding carboxylic acids is 2. The largest absolute Gasteiger partial charge is 0.489 e. The molecule has 0 aromatic heterocycles. The smallest absolute Gasteiger partial charge is 0.322 e. The van der Waals surface area contributed by atoms with E-state index in [9.17, 15) is 9.59 Å². The van der Waals surface area contributed by atoms with Gasteiger partial charge < -0.3 is 19.9 Å². The molecule has 1 aromatic rings. The van der Waals surface area contributed by atoms with Gasteiger partial charge in [0.1, 0.15) is 5.75 Å². The molecule has 3 amide bonds. The van der Waals surface area contributed by atoms with Crippen LogP contribution < -0.4 is 10.1 Å². The number of piperidine rings is 1. The number of hydrogen-bond donors (Lipinski definition) is 1. The van der Waals surface area contributed by atoms with Crippen LogP contribution in [-0.2, 0) is 4.79 Å². The number of anilines is 1. The third kappa shape index (κ3) is 4.24. The van der Waals surface area contributed by atoms with Crippen LogP contribution in [0.4, 0.5) is 10.5 Å². The Balaban J connectivity index is 1.64. The van der Waals surface area contributed by atoms with Crippen LogP contribution in [0.3, 0.4) is 0 Å². The number of benzene rings is 1. The van der Waals surface area contributed by atoms with Gasteiger partial charge in [0.25, 0.3) is 0 Å². The second kappa shape index (κ2) is 7.76. The zero-order valence-corrected chi connectivity index (χ0v) is 15.0. The molecule has 1 N–H and O–H groups in total. The van der Waals surface area contributed by atoms with Crippen molar-refractivity contribution in [3.8, 4) is 5.75 Å². The van der Waals surface area contributed by atoms with Crippen molar-refractivity contribution in [2.45, 2.75) is 51.7 Å². The van der Waals surface area contributed by atoms with E-state index in [1.807, 2.05) is 47.9 Å². The summed E-state index contributed by atoms with van der Waals surface area (Å²) in [6, 6.07) is 7.50. The zero-order valence-electron chi connectivity index (χ0n) is 15.0. The predicted octanol–water partition coefficient (Wildman–Crippen LogP) is 3.09. The number of urea groups is 1. The molecule has 0 aliphatic carbocycles. The molecule has 6 heteroatoms. The van der Waals surface area contributed by atoms with Crippen LogP contribution in [0.1, 0.15) is 39.5 Å². The number of ether oxygens (including phenoxy) is 1. The third-order valence-electron chi connectivity index (χ3n) is 4.73. The van der Waals surface area contributed by atoms with Crippen molar-refractivity contribution in [3.63, 3.8) is 0 Å². The third-order valence-corrected chi connectivity index (χ3v) is 4.73. The first kappa shape index (κ1) is 17.6. The first-order valence-electron chi connectivity index (χ1n) is 9.15. The van der Waals surface area contributed by atoms with E-state index in [0.29, 0.717) is 24.4 Å². The Labute approximate surface area is 149 Å². The molecule has 25 heavy (non-hydrogen) atoms. The highest BCUT2D eigenvalue weighted by Gasteiger charge is 2.32. The van der Waals surface area contributed by atoms with E-state index < -0.39 is 0 Å². The van der Waals surface area contributed by atoms with E-state index in [1.54, 1.807) is 0 Å². The Morgan fingerprint density at radius 1 is 1.24 bits per heavy atom. The number of nitrogens with one attached hydrogen (secondary N) is 1. The second-order valence-electron chi connectivity index (χ2n) is 7.03. The number of hydrogen-bond acceptors (Lipinski definition) is 3. The lowest BCUT2D eigenvalue weighted by molar-refractivity contribution is -0.130. The van der Waals surface area contributed by atoms with E-state index >= 15 is 0 Å². The molecule has 136 valence electrons. The quantitative estimate of drug-likeness (QED) is 0.912. The average molecular weight is 345 g/mol. The maximum atomic E-state index is 12.7. The van der Waals surface area contributed by atoms with Crippen molar-refractivity contribution in [1.29, 1.82) is 0 Å². The van der Waals surface area contributed by atoms with Crippen molar-refractivity contribution in [3.05, 3.63) is 24.3 Å². The summed E-state index contributed by atoms with van der Waals surface area (Å²) in [6.45, 7) is 6.06. The Hall–Kier alpha value is -2.24. The fraction of sp³-hybridized carbons (Fsp3) is 0.579. The van der Waals surface area contributed by atoms with Gasteiger partial charge in [-0.05, 0) is 45.2 Å². The topological polar surface area (TPSA) is 61.9 Å². The molecule has 6 nitrogen and oxygen atoms in total. The van der Waals surface area contributed by atoms with Gasteiger partial charge in [-0.3, -0.25) is 4.79 Å². The number of nitrogens with zero attached hydrogens (tertiary/aromatic N) is 2. The molecular weight excluding hydrogens is 318 g/mol. The van der Waals surface area contributed by atoms with Crippen molar-refractivity contribution in [2.75, 3.05) is 25.0 Å². The maximum absolute atomic E-state index is 12.7. The molecule has 0 radical (unpaired) electrons. The highest BCUT2D eigenvalue weighted by Crippen LogP contribution is 2.26. The predicted molar refractivity (Wildman–Crippen MR) is 96.8 cm³/mol. The van der Waals surface area contributed by atoms with E-state index in [1.165, 1.54) is 0 Å². The number of rotatable bonds is 4. The number of carbonyl (C=O) groups is 2. The summed E-state index contributed by atoms with van der Waals surface area (Å²) >= 11 is 0. The summed E-state index contributed by atoms with van der Waals surface area (Å²) in [5, 5.41) is 2.97. The summed E-state index contributed by atoms with van der Waals surface area (Å²) in [5.41, 5.74) is 0.681. The van der Waals surface area contributed by atoms with Crippen LogP contribution in [0.15, 0.2) is 24.3 Å². The molecule has 1 atom stereocenters. The van der Waals surface area contributed by atoms with Gasteiger partial charge in [0.2, 0.25) is 5.91 Å². The Kier molecular flexibility index (Phi) is 5.46. The van der Waals surface area contributed by atoms with Gasteiger partial charge in [-0.25, -0.2) is 4.79 Å². The van der Waals surface area contributed by atoms with E-state index in [0.717, 1.165) is 32.4 Å². The highest BCUT2D eigenvalue weighted by atomic mass is 16.5. The van der Waals surface area contributed by atoms with Gasteiger partial charge in [0.15, 0.2) is 0 Å². The molecule has 0 saturated carbocycles. The second-order valence-corrected chi connectivity index (χ2v) is 7.03. The number of likely N-dealkylation sites (tertiary alicyclic amines) is 2. The normalized spacial score (nSPS) is 20.9. The lowest BCUT2D eigenvalue weighted by Gasteiger charge is -2.37. The molecule has 2 saturated heterocycles. The van der Waals surface area contributed by atoms with Crippen LogP contribution in [0.25, 0.3) is 0 Å². The van der Waals surface area contributed by atoms with Gasteiger partial charge in [0.05, 0.1) is 11.8 Å². The summed E-state index contributed by atoms with van der Waals surface area (Å²) in [6.07, 6.45) is 3.51. The first-order valence-corrected chi connectivity index (χ1v) is 9.15. The summed E-state index contributed by atoms with van der Waals surface area (Å²) < 4.78 is 5.76. The molecular formula is C19H27N3O3. The van der Waals surface area contributed by atoms with Crippen molar-refractivity contribution >= 4 is 17.6 Å².